The first kappa shape index (κ1) is 23.2. The van der Waals surface area contributed by atoms with Crippen molar-refractivity contribution in [1.29, 1.82) is 0 Å². The average molecular weight is 455 g/mol. The number of nitrogens with zero attached hydrogens (tertiary/aromatic N) is 3. The Morgan fingerprint density at radius 2 is 1.68 bits per heavy atom. The Kier molecular flexibility index (Phi) is 7.38. The number of anilines is 1. The van der Waals surface area contributed by atoms with Gasteiger partial charge < -0.3 is 10.1 Å². The van der Waals surface area contributed by atoms with Crippen LogP contribution < -0.4 is 10.1 Å². The maximum Gasteiger partial charge on any atom is 0.336 e. The number of carbonyl (C=O) groups excluding carboxylic acids is 1. The summed E-state index contributed by atoms with van der Waals surface area (Å²) in [6.07, 6.45) is 1.14. The molecule has 1 aromatic heterocycles. The molecular formula is C28H30N4O2. The van der Waals surface area contributed by atoms with Crippen molar-refractivity contribution in [1.82, 2.24) is 14.8 Å². The molecule has 0 aliphatic heterocycles. The summed E-state index contributed by atoms with van der Waals surface area (Å²) in [6, 6.07) is 26.1. The number of aromatic nitrogens is 3. The first-order chi connectivity index (χ1) is 16.5. The third kappa shape index (κ3) is 5.90. The molecule has 0 saturated heterocycles. The molecule has 0 aliphatic rings. The molecule has 6 heteroatoms. The van der Waals surface area contributed by atoms with Crippen molar-refractivity contribution in [2.24, 2.45) is 5.92 Å². The summed E-state index contributed by atoms with van der Waals surface area (Å²) in [7, 11) is 0. The van der Waals surface area contributed by atoms with Crippen LogP contribution in [0.25, 0.3) is 17.1 Å². The maximum absolute atomic E-state index is 12.4. The van der Waals surface area contributed by atoms with Crippen LogP contribution in [0.15, 0.2) is 78.9 Å². The summed E-state index contributed by atoms with van der Waals surface area (Å²) in [4.78, 5) is 17.1. The molecule has 6 nitrogen and oxygen atoms in total. The number of rotatable bonds is 9. The zero-order valence-corrected chi connectivity index (χ0v) is 19.9. The summed E-state index contributed by atoms with van der Waals surface area (Å²) in [5, 5.41) is 7.59. The van der Waals surface area contributed by atoms with Crippen LogP contribution in [-0.2, 0) is 11.2 Å². The van der Waals surface area contributed by atoms with E-state index in [0.29, 0.717) is 31.4 Å². The third-order valence-electron chi connectivity index (χ3n) is 5.40. The molecule has 34 heavy (non-hydrogen) atoms. The minimum atomic E-state index is -0.0117. The highest BCUT2D eigenvalue weighted by molar-refractivity contribution is 5.90. The topological polar surface area (TPSA) is 69.0 Å². The number of hydrogen-bond donors (Lipinski definition) is 1. The molecule has 174 valence electrons. The molecule has 0 bridgehead atoms. The third-order valence-corrected chi connectivity index (χ3v) is 5.40. The molecule has 0 radical (unpaired) electrons. The second-order valence-electron chi connectivity index (χ2n) is 8.73. The van der Waals surface area contributed by atoms with E-state index in [1.165, 1.54) is 0 Å². The van der Waals surface area contributed by atoms with Crippen LogP contribution in [0.2, 0.25) is 0 Å². The van der Waals surface area contributed by atoms with Crippen LogP contribution in [0.1, 0.15) is 31.4 Å². The number of amides is 1. The quantitative estimate of drug-likeness (QED) is 0.344. The van der Waals surface area contributed by atoms with Gasteiger partial charge in [-0.2, -0.15) is 4.98 Å². The van der Waals surface area contributed by atoms with E-state index in [-0.39, 0.29) is 5.91 Å². The van der Waals surface area contributed by atoms with Crippen LogP contribution in [0.5, 0.6) is 6.01 Å². The van der Waals surface area contributed by atoms with Crippen molar-refractivity contribution in [2.75, 3.05) is 11.9 Å². The van der Waals surface area contributed by atoms with Gasteiger partial charge in [-0.3, -0.25) is 4.79 Å². The fourth-order valence-electron chi connectivity index (χ4n) is 3.59. The predicted molar refractivity (Wildman–Crippen MR) is 135 cm³/mol. The highest BCUT2D eigenvalue weighted by Crippen LogP contribution is 2.27. The lowest BCUT2D eigenvalue weighted by Gasteiger charge is -2.10. The number of benzene rings is 3. The summed E-state index contributed by atoms with van der Waals surface area (Å²) in [6.45, 7) is 6.78. The van der Waals surface area contributed by atoms with Gasteiger partial charge in [0, 0.05) is 17.7 Å². The summed E-state index contributed by atoms with van der Waals surface area (Å²) < 4.78 is 7.60. The smallest absolute Gasteiger partial charge is 0.336 e. The molecular weight excluding hydrogens is 424 g/mol. The Morgan fingerprint density at radius 3 is 2.38 bits per heavy atom. The van der Waals surface area contributed by atoms with Crippen molar-refractivity contribution in [3.05, 3.63) is 90.0 Å². The molecule has 4 rings (SSSR count). The van der Waals surface area contributed by atoms with Gasteiger partial charge in [-0.1, -0.05) is 68.4 Å². The monoisotopic (exact) mass is 454 g/mol. The SMILES string of the molecule is Cc1ccccc1-c1nc(OCC(C)C)nn1-c1ccc(NC(=O)CCc2ccccc2)cc1. The van der Waals surface area contributed by atoms with E-state index in [1.807, 2.05) is 72.8 Å². The van der Waals surface area contributed by atoms with Crippen LogP contribution >= 0.6 is 0 Å². The van der Waals surface area contributed by atoms with E-state index in [4.69, 9.17) is 4.74 Å². The van der Waals surface area contributed by atoms with E-state index in [2.05, 4.69) is 42.2 Å². The maximum atomic E-state index is 12.4. The number of hydrogen-bond acceptors (Lipinski definition) is 4. The lowest BCUT2D eigenvalue weighted by molar-refractivity contribution is -0.116. The summed E-state index contributed by atoms with van der Waals surface area (Å²) >= 11 is 0. The van der Waals surface area contributed by atoms with Gasteiger partial charge in [0.05, 0.1) is 12.3 Å². The summed E-state index contributed by atoms with van der Waals surface area (Å²) in [5.41, 5.74) is 4.84. The highest BCUT2D eigenvalue weighted by atomic mass is 16.5. The first-order valence-corrected chi connectivity index (χ1v) is 11.6. The standard InChI is InChI=1S/C28H30N4O2/c1-20(2)19-34-28-30-27(25-12-8-7-9-21(25)3)32(31-28)24-16-14-23(15-17-24)29-26(33)18-13-22-10-5-4-6-11-22/h4-12,14-17,20H,13,18-19H2,1-3H3,(H,29,33). The van der Waals surface area contributed by atoms with Gasteiger partial charge in [-0.25, -0.2) is 4.68 Å². The van der Waals surface area contributed by atoms with Gasteiger partial charge in [0.2, 0.25) is 5.91 Å². The Hall–Kier alpha value is -3.93. The lowest BCUT2D eigenvalue weighted by Crippen LogP contribution is -2.12. The van der Waals surface area contributed by atoms with Crippen LogP contribution in [0.3, 0.4) is 0 Å². The Morgan fingerprint density at radius 1 is 0.971 bits per heavy atom. The lowest BCUT2D eigenvalue weighted by atomic mass is 10.1. The minimum absolute atomic E-state index is 0.0117. The molecule has 1 heterocycles. The number of carbonyl (C=O) groups is 1. The molecule has 0 saturated carbocycles. The van der Waals surface area contributed by atoms with Crippen molar-refractivity contribution in [3.63, 3.8) is 0 Å². The Bertz CT molecular complexity index is 1230. The van der Waals surface area contributed by atoms with Crippen molar-refractivity contribution < 1.29 is 9.53 Å². The normalized spacial score (nSPS) is 10.9. The highest BCUT2D eigenvalue weighted by Gasteiger charge is 2.17. The number of nitrogens with one attached hydrogen (secondary N) is 1. The zero-order chi connectivity index (χ0) is 23.9. The number of ether oxygens (including phenoxy) is 1. The molecule has 3 aromatic carbocycles. The fraction of sp³-hybridized carbons (Fsp3) is 0.250. The zero-order valence-electron chi connectivity index (χ0n) is 19.9. The molecule has 1 N–H and O–H groups in total. The van der Waals surface area contributed by atoms with Crippen molar-refractivity contribution >= 4 is 11.6 Å². The van der Waals surface area contributed by atoms with E-state index < -0.39 is 0 Å². The van der Waals surface area contributed by atoms with E-state index in [9.17, 15) is 4.79 Å². The van der Waals surface area contributed by atoms with Crippen LogP contribution in [0.4, 0.5) is 5.69 Å². The molecule has 0 fully saturated rings. The van der Waals surface area contributed by atoms with Crippen LogP contribution in [-0.4, -0.2) is 27.3 Å². The Balaban J connectivity index is 1.52. The largest absolute Gasteiger partial charge is 0.462 e. The average Bonchev–Trinajstić information content (AvgIpc) is 3.27. The van der Waals surface area contributed by atoms with Crippen molar-refractivity contribution in [2.45, 2.75) is 33.6 Å². The minimum Gasteiger partial charge on any atom is -0.462 e. The predicted octanol–water partition coefficient (Wildman–Crippen LogP) is 5.85. The second-order valence-corrected chi connectivity index (χ2v) is 8.73. The van der Waals surface area contributed by atoms with Gasteiger partial charge in [0.15, 0.2) is 5.82 Å². The molecule has 0 aliphatic carbocycles. The van der Waals surface area contributed by atoms with Crippen molar-refractivity contribution in [3.8, 4) is 23.1 Å². The van der Waals surface area contributed by atoms with Gasteiger partial charge >= 0.3 is 6.01 Å². The molecule has 0 atom stereocenters. The summed E-state index contributed by atoms with van der Waals surface area (Å²) in [5.74, 6) is 1.08. The first-order valence-electron chi connectivity index (χ1n) is 11.6. The van der Waals surface area contributed by atoms with E-state index in [0.717, 1.165) is 33.9 Å². The van der Waals surface area contributed by atoms with Gasteiger partial charge in [-0.15, -0.1) is 5.10 Å². The number of aryl methyl sites for hydroxylation is 2. The molecule has 1 amide bonds. The van der Waals surface area contributed by atoms with Gasteiger partial charge in [-0.05, 0) is 54.7 Å². The van der Waals surface area contributed by atoms with E-state index >= 15 is 0 Å². The van der Waals surface area contributed by atoms with Gasteiger partial charge in [0.25, 0.3) is 0 Å². The second kappa shape index (κ2) is 10.8. The molecule has 4 aromatic rings. The van der Waals surface area contributed by atoms with E-state index in [1.54, 1.807) is 4.68 Å². The van der Waals surface area contributed by atoms with Crippen LogP contribution in [0, 0.1) is 12.8 Å². The Labute approximate surface area is 200 Å². The fourth-order valence-corrected chi connectivity index (χ4v) is 3.59. The van der Waals surface area contributed by atoms with Gasteiger partial charge in [0.1, 0.15) is 0 Å². The molecule has 0 unspecified atom stereocenters. The molecule has 0 spiro atoms.